The van der Waals surface area contributed by atoms with Crippen molar-refractivity contribution in [2.45, 2.75) is 62.0 Å². The van der Waals surface area contributed by atoms with Crippen LogP contribution < -0.4 is 4.74 Å². The fraction of sp³-hybridized carbons (Fsp3) is 0.636. The van der Waals surface area contributed by atoms with Gasteiger partial charge in [-0.2, -0.15) is 5.26 Å². The largest absolute Gasteiger partial charge is 0.481 e. The molecule has 3 aliphatic carbocycles. The van der Waals surface area contributed by atoms with Crippen molar-refractivity contribution in [1.29, 1.82) is 5.26 Å². The van der Waals surface area contributed by atoms with Gasteiger partial charge in [-0.25, -0.2) is 0 Å². The standard InChI is InChI=1S/C22H24N2O2/c23-11-15-14-5-2-6-18-19(14)22-9-10-24(12-13-3-1-4-13)20(15)16(22)7-8-17(25)21(22)26-18/h2,5-6,13,15-16,20-21H,1,3-4,7-10,12H2/t15?,16-,20-,21-,22-/m0/s1. The number of rotatable bonds is 2. The number of ether oxygens (including phenoxy) is 1. The second-order valence-electron chi connectivity index (χ2n) is 9.01. The van der Waals surface area contributed by atoms with E-state index in [9.17, 15) is 10.1 Å². The molecule has 0 radical (unpaired) electrons. The molecule has 0 amide bonds. The maximum atomic E-state index is 12.8. The second-order valence-corrected chi connectivity index (χ2v) is 9.01. The van der Waals surface area contributed by atoms with Gasteiger partial charge in [0.05, 0.1) is 12.0 Å². The minimum atomic E-state index is -0.314. The third kappa shape index (κ3) is 1.66. The molecule has 6 rings (SSSR count). The van der Waals surface area contributed by atoms with Crippen molar-refractivity contribution in [2.75, 3.05) is 13.1 Å². The monoisotopic (exact) mass is 348 g/mol. The summed E-state index contributed by atoms with van der Waals surface area (Å²) in [4.78, 5) is 15.4. The number of Topliss-reactive ketones (excluding diaryl/α,β-unsaturated/α-hetero) is 1. The van der Waals surface area contributed by atoms with Crippen molar-refractivity contribution in [2.24, 2.45) is 11.8 Å². The van der Waals surface area contributed by atoms with Crippen molar-refractivity contribution >= 4 is 5.78 Å². The molecule has 1 unspecified atom stereocenters. The molecule has 0 aromatic heterocycles. The van der Waals surface area contributed by atoms with Crippen molar-refractivity contribution in [3.05, 3.63) is 29.3 Å². The van der Waals surface area contributed by atoms with Crippen LogP contribution >= 0.6 is 0 Å². The molecule has 134 valence electrons. The fourth-order valence-electron chi connectivity index (χ4n) is 6.83. The van der Waals surface area contributed by atoms with Crippen LogP contribution in [0.3, 0.4) is 0 Å². The highest BCUT2D eigenvalue weighted by atomic mass is 16.5. The first kappa shape index (κ1) is 15.2. The molecule has 2 bridgehead atoms. The van der Waals surface area contributed by atoms with Gasteiger partial charge < -0.3 is 4.74 Å². The van der Waals surface area contributed by atoms with Crippen LogP contribution in [0.1, 0.15) is 55.6 Å². The molecular formula is C22H24N2O2. The summed E-state index contributed by atoms with van der Waals surface area (Å²) in [7, 11) is 0. The van der Waals surface area contributed by atoms with E-state index in [0.29, 0.717) is 12.3 Å². The number of benzene rings is 1. The molecule has 26 heavy (non-hydrogen) atoms. The lowest BCUT2D eigenvalue weighted by Crippen LogP contribution is -2.67. The zero-order valence-electron chi connectivity index (χ0n) is 15.0. The molecule has 1 aromatic rings. The van der Waals surface area contributed by atoms with Crippen molar-refractivity contribution in [3.63, 3.8) is 0 Å². The highest BCUT2D eigenvalue weighted by Gasteiger charge is 2.67. The van der Waals surface area contributed by atoms with Gasteiger partial charge in [0, 0.05) is 30.0 Å². The fourth-order valence-corrected chi connectivity index (χ4v) is 6.83. The third-order valence-corrected chi connectivity index (χ3v) is 8.07. The van der Waals surface area contributed by atoms with Crippen LogP contribution in [-0.4, -0.2) is 35.9 Å². The van der Waals surface area contributed by atoms with Crippen molar-refractivity contribution in [1.82, 2.24) is 4.90 Å². The SMILES string of the molecule is N#CC1c2cccc3c2[C@]24CCN(CC5CCC5)[C@@H]1[C@@H]2CCC(=O)[C@@H]4O3. The first-order valence-corrected chi connectivity index (χ1v) is 10.2. The maximum absolute atomic E-state index is 12.8. The summed E-state index contributed by atoms with van der Waals surface area (Å²) >= 11 is 0. The van der Waals surface area contributed by atoms with E-state index >= 15 is 0 Å². The Labute approximate surface area is 154 Å². The Kier molecular flexibility index (Phi) is 2.99. The second kappa shape index (κ2) is 5.10. The van der Waals surface area contributed by atoms with E-state index in [1.165, 1.54) is 24.8 Å². The number of hydrogen-bond acceptors (Lipinski definition) is 4. The van der Waals surface area contributed by atoms with Gasteiger partial charge in [0.25, 0.3) is 0 Å². The first-order valence-electron chi connectivity index (χ1n) is 10.2. The minimum Gasteiger partial charge on any atom is -0.481 e. The van der Waals surface area contributed by atoms with Crippen LogP contribution in [-0.2, 0) is 10.2 Å². The van der Waals surface area contributed by atoms with E-state index in [-0.39, 0.29) is 29.3 Å². The molecule has 1 aromatic carbocycles. The molecule has 2 aliphatic heterocycles. The number of carbonyl (C=O) groups excluding carboxylic acids is 1. The summed E-state index contributed by atoms with van der Waals surface area (Å²) in [6.45, 7) is 2.13. The lowest BCUT2D eigenvalue weighted by atomic mass is 9.49. The average Bonchev–Trinajstić information content (AvgIpc) is 2.95. The zero-order chi connectivity index (χ0) is 17.5. The van der Waals surface area contributed by atoms with E-state index in [2.05, 4.69) is 17.0 Å². The summed E-state index contributed by atoms with van der Waals surface area (Å²) in [5, 5.41) is 10.1. The molecule has 3 fully saturated rings. The lowest BCUT2D eigenvalue weighted by Gasteiger charge is -2.59. The Bertz CT molecular complexity index is 839. The molecule has 1 saturated heterocycles. The Morgan fingerprint density at radius 2 is 2.19 bits per heavy atom. The molecule has 5 atom stereocenters. The molecule has 0 N–H and O–H groups in total. The smallest absolute Gasteiger partial charge is 0.174 e. The van der Waals surface area contributed by atoms with Crippen molar-refractivity contribution < 1.29 is 9.53 Å². The van der Waals surface area contributed by atoms with Gasteiger partial charge in [0.2, 0.25) is 0 Å². The number of likely N-dealkylation sites (tertiary alicyclic amines) is 1. The predicted molar refractivity (Wildman–Crippen MR) is 95.9 cm³/mol. The van der Waals surface area contributed by atoms with Gasteiger partial charge in [-0.1, -0.05) is 18.6 Å². The Hall–Kier alpha value is -1.86. The maximum Gasteiger partial charge on any atom is 0.174 e. The van der Waals surface area contributed by atoms with Gasteiger partial charge in [0.15, 0.2) is 11.9 Å². The van der Waals surface area contributed by atoms with Crippen LogP contribution in [0.15, 0.2) is 18.2 Å². The van der Waals surface area contributed by atoms with E-state index < -0.39 is 0 Å². The van der Waals surface area contributed by atoms with E-state index in [4.69, 9.17) is 4.74 Å². The van der Waals surface area contributed by atoms with Crippen LogP contribution in [0.4, 0.5) is 0 Å². The van der Waals surface area contributed by atoms with E-state index in [1.54, 1.807) is 0 Å². The molecule has 4 heteroatoms. The highest BCUT2D eigenvalue weighted by Crippen LogP contribution is 2.64. The Balaban J connectivity index is 1.53. The molecular weight excluding hydrogens is 324 g/mol. The van der Waals surface area contributed by atoms with Gasteiger partial charge in [-0.15, -0.1) is 0 Å². The Morgan fingerprint density at radius 1 is 1.31 bits per heavy atom. The summed E-state index contributed by atoms with van der Waals surface area (Å²) < 4.78 is 6.25. The quantitative estimate of drug-likeness (QED) is 0.824. The van der Waals surface area contributed by atoms with Crippen LogP contribution in [0.2, 0.25) is 0 Å². The number of piperidine rings is 1. The predicted octanol–water partition coefficient (Wildman–Crippen LogP) is 3.16. The van der Waals surface area contributed by atoms with E-state index in [1.807, 2.05) is 12.1 Å². The molecule has 5 aliphatic rings. The van der Waals surface area contributed by atoms with Gasteiger partial charge in [-0.05, 0) is 55.7 Å². The van der Waals surface area contributed by atoms with Crippen LogP contribution in [0.5, 0.6) is 5.75 Å². The number of ketones is 1. The third-order valence-electron chi connectivity index (χ3n) is 8.07. The van der Waals surface area contributed by atoms with Crippen LogP contribution in [0.25, 0.3) is 0 Å². The number of carbonyl (C=O) groups is 1. The summed E-state index contributed by atoms with van der Waals surface area (Å²) in [6, 6.07) is 9.03. The first-order chi connectivity index (χ1) is 12.7. The molecule has 1 spiro atoms. The normalized spacial score (nSPS) is 40.3. The lowest BCUT2D eigenvalue weighted by molar-refractivity contribution is -0.139. The Morgan fingerprint density at radius 3 is 2.96 bits per heavy atom. The number of nitrogens with zero attached hydrogens (tertiary/aromatic N) is 2. The topological polar surface area (TPSA) is 53.3 Å². The molecule has 2 saturated carbocycles. The average molecular weight is 348 g/mol. The van der Waals surface area contributed by atoms with Gasteiger partial charge >= 0.3 is 0 Å². The van der Waals surface area contributed by atoms with Crippen molar-refractivity contribution in [3.8, 4) is 11.8 Å². The zero-order valence-corrected chi connectivity index (χ0v) is 15.0. The van der Waals surface area contributed by atoms with E-state index in [0.717, 1.165) is 43.2 Å². The van der Waals surface area contributed by atoms with Crippen LogP contribution in [0, 0.1) is 23.2 Å². The van der Waals surface area contributed by atoms with Gasteiger partial charge in [-0.3, -0.25) is 9.69 Å². The summed E-state index contributed by atoms with van der Waals surface area (Å²) in [5.41, 5.74) is 2.19. The number of nitriles is 1. The number of hydrogen-bond donors (Lipinski definition) is 0. The van der Waals surface area contributed by atoms with Gasteiger partial charge in [0.1, 0.15) is 5.75 Å². The summed E-state index contributed by atoms with van der Waals surface area (Å²) in [5.74, 6) is 2.22. The minimum absolute atomic E-state index is 0.0981. The molecule has 2 heterocycles. The highest BCUT2D eigenvalue weighted by molar-refractivity contribution is 5.89. The summed E-state index contributed by atoms with van der Waals surface area (Å²) in [6.07, 6.45) is 6.23. The molecule has 4 nitrogen and oxygen atoms in total.